The maximum Gasteiger partial charge on any atom is 0.416 e. The van der Waals surface area contributed by atoms with Crippen LogP contribution in [0.5, 0.6) is 0 Å². The highest BCUT2D eigenvalue weighted by Gasteiger charge is 2.31. The number of fused-ring (bicyclic) bond motifs is 1. The van der Waals surface area contributed by atoms with Crippen LogP contribution in [0.1, 0.15) is 24.2 Å². The molecule has 3 rings (SSSR count). The SMILES string of the molecule is O=S(=O)(Nc1cccc(C(F)(F)F)c1)c1cn2c(n1)CCCC2. The van der Waals surface area contributed by atoms with Gasteiger partial charge in [-0.3, -0.25) is 4.72 Å². The first-order valence-corrected chi connectivity index (χ1v) is 8.50. The second kappa shape index (κ2) is 5.55. The van der Waals surface area contributed by atoms with Gasteiger partial charge in [0.25, 0.3) is 10.0 Å². The maximum atomic E-state index is 12.7. The van der Waals surface area contributed by atoms with Gasteiger partial charge in [-0.1, -0.05) is 6.07 Å². The minimum absolute atomic E-state index is 0.147. The molecule has 0 bridgehead atoms. The summed E-state index contributed by atoms with van der Waals surface area (Å²) in [6, 6.07) is 4.06. The fourth-order valence-electron chi connectivity index (χ4n) is 2.48. The number of nitrogens with one attached hydrogen (secondary N) is 1. The molecule has 0 saturated heterocycles. The third kappa shape index (κ3) is 3.34. The Morgan fingerprint density at radius 1 is 1.22 bits per heavy atom. The van der Waals surface area contributed by atoms with Gasteiger partial charge in [0.05, 0.1) is 5.56 Å². The molecular formula is C14H14F3N3O2S. The van der Waals surface area contributed by atoms with Crippen molar-refractivity contribution in [2.24, 2.45) is 0 Å². The highest BCUT2D eigenvalue weighted by Crippen LogP contribution is 2.31. The van der Waals surface area contributed by atoms with E-state index in [-0.39, 0.29) is 10.7 Å². The Bertz CT molecular complexity index is 805. The Kier molecular flexibility index (Phi) is 3.83. The topological polar surface area (TPSA) is 64.0 Å². The largest absolute Gasteiger partial charge is 0.416 e. The number of imidazole rings is 1. The number of nitrogens with zero attached hydrogens (tertiary/aromatic N) is 2. The predicted octanol–water partition coefficient (Wildman–Crippen LogP) is 3.04. The first-order chi connectivity index (χ1) is 10.8. The van der Waals surface area contributed by atoms with E-state index in [1.807, 2.05) is 0 Å². The molecule has 0 fully saturated rings. The third-order valence-electron chi connectivity index (χ3n) is 3.60. The molecule has 1 N–H and O–H groups in total. The van der Waals surface area contributed by atoms with Gasteiger partial charge in [0.2, 0.25) is 0 Å². The zero-order valence-electron chi connectivity index (χ0n) is 12.0. The van der Waals surface area contributed by atoms with E-state index in [0.29, 0.717) is 18.8 Å². The number of sulfonamides is 1. The van der Waals surface area contributed by atoms with Crippen molar-refractivity contribution in [3.63, 3.8) is 0 Å². The molecule has 1 aromatic carbocycles. The number of benzene rings is 1. The van der Waals surface area contributed by atoms with Crippen LogP contribution in [-0.2, 0) is 29.2 Å². The third-order valence-corrected chi connectivity index (χ3v) is 4.86. The molecule has 1 aliphatic heterocycles. The first kappa shape index (κ1) is 15.9. The van der Waals surface area contributed by atoms with Crippen LogP contribution in [-0.4, -0.2) is 18.0 Å². The number of hydrogen-bond donors (Lipinski definition) is 1. The number of alkyl halides is 3. The molecule has 0 saturated carbocycles. The second-order valence-corrected chi connectivity index (χ2v) is 6.96. The summed E-state index contributed by atoms with van der Waals surface area (Å²) in [7, 11) is -4.02. The lowest BCUT2D eigenvalue weighted by molar-refractivity contribution is -0.137. The number of rotatable bonds is 3. The Morgan fingerprint density at radius 2 is 2.00 bits per heavy atom. The van der Waals surface area contributed by atoms with Crippen LogP contribution in [0.2, 0.25) is 0 Å². The van der Waals surface area contributed by atoms with Gasteiger partial charge in [0, 0.05) is 24.8 Å². The van der Waals surface area contributed by atoms with E-state index in [2.05, 4.69) is 9.71 Å². The molecule has 0 radical (unpaired) electrons. The summed E-state index contributed by atoms with van der Waals surface area (Å²) in [5, 5.41) is -0.174. The minimum atomic E-state index is -4.53. The normalized spacial score (nSPS) is 15.3. The van der Waals surface area contributed by atoms with Crippen LogP contribution in [0.3, 0.4) is 0 Å². The average molecular weight is 345 g/mol. The Labute approximate surface area is 131 Å². The molecular weight excluding hydrogens is 331 g/mol. The van der Waals surface area contributed by atoms with Gasteiger partial charge < -0.3 is 4.57 Å². The fourth-order valence-corrected chi connectivity index (χ4v) is 3.52. The molecule has 1 aliphatic rings. The van der Waals surface area contributed by atoms with Gasteiger partial charge in [-0.15, -0.1) is 0 Å². The van der Waals surface area contributed by atoms with Crippen molar-refractivity contribution in [3.05, 3.63) is 41.9 Å². The van der Waals surface area contributed by atoms with Gasteiger partial charge in [-0.05, 0) is 31.0 Å². The molecule has 0 atom stereocenters. The van der Waals surface area contributed by atoms with Crippen LogP contribution >= 0.6 is 0 Å². The lowest BCUT2D eigenvalue weighted by Gasteiger charge is -2.11. The lowest BCUT2D eigenvalue weighted by atomic mass is 10.2. The summed E-state index contributed by atoms with van der Waals surface area (Å²) in [6.45, 7) is 0.696. The molecule has 0 aliphatic carbocycles. The fraction of sp³-hybridized carbons (Fsp3) is 0.357. The van der Waals surface area contributed by atoms with E-state index in [1.54, 1.807) is 4.57 Å². The molecule has 2 heterocycles. The van der Waals surface area contributed by atoms with E-state index in [0.717, 1.165) is 31.0 Å². The van der Waals surface area contributed by atoms with Gasteiger partial charge in [-0.2, -0.15) is 21.6 Å². The van der Waals surface area contributed by atoms with Crippen LogP contribution in [0, 0.1) is 0 Å². The highest BCUT2D eigenvalue weighted by atomic mass is 32.2. The Balaban J connectivity index is 1.88. The summed E-state index contributed by atoms with van der Waals surface area (Å²) >= 11 is 0. The van der Waals surface area contributed by atoms with Gasteiger partial charge in [-0.25, -0.2) is 4.98 Å². The van der Waals surface area contributed by atoms with Crippen molar-refractivity contribution in [3.8, 4) is 0 Å². The molecule has 0 spiro atoms. The monoisotopic (exact) mass is 345 g/mol. The molecule has 9 heteroatoms. The van der Waals surface area contributed by atoms with Crippen LogP contribution in [0.15, 0.2) is 35.5 Å². The molecule has 0 amide bonds. The number of aromatic nitrogens is 2. The minimum Gasteiger partial charge on any atom is -0.333 e. The molecule has 124 valence electrons. The van der Waals surface area contributed by atoms with Crippen molar-refractivity contribution in [2.75, 3.05) is 4.72 Å². The van der Waals surface area contributed by atoms with E-state index < -0.39 is 21.8 Å². The first-order valence-electron chi connectivity index (χ1n) is 7.02. The Morgan fingerprint density at radius 3 is 2.70 bits per heavy atom. The van der Waals surface area contributed by atoms with Crippen molar-refractivity contribution >= 4 is 15.7 Å². The Hall–Kier alpha value is -2.03. The van der Waals surface area contributed by atoms with Crippen molar-refractivity contribution < 1.29 is 21.6 Å². The van der Waals surface area contributed by atoms with Crippen LogP contribution < -0.4 is 4.72 Å². The number of aryl methyl sites for hydroxylation is 2. The van der Waals surface area contributed by atoms with Gasteiger partial charge in [0.15, 0.2) is 5.03 Å². The quantitative estimate of drug-likeness (QED) is 0.930. The lowest BCUT2D eigenvalue weighted by Crippen LogP contribution is -2.14. The maximum absolute atomic E-state index is 12.7. The van der Waals surface area contributed by atoms with Crippen molar-refractivity contribution in [2.45, 2.75) is 37.0 Å². The summed E-state index contributed by atoms with van der Waals surface area (Å²) in [6.07, 6.45) is -0.528. The van der Waals surface area contributed by atoms with Crippen LogP contribution in [0.4, 0.5) is 18.9 Å². The number of halogens is 3. The molecule has 23 heavy (non-hydrogen) atoms. The second-order valence-electron chi connectivity index (χ2n) is 5.33. The summed E-state index contributed by atoms with van der Waals surface area (Å²) in [4.78, 5) is 4.08. The van der Waals surface area contributed by atoms with Crippen LogP contribution in [0.25, 0.3) is 0 Å². The predicted molar refractivity (Wildman–Crippen MR) is 77.4 cm³/mol. The van der Waals surface area contributed by atoms with Crippen molar-refractivity contribution in [1.82, 2.24) is 9.55 Å². The molecule has 0 unspecified atom stereocenters. The zero-order chi connectivity index (χ0) is 16.7. The van der Waals surface area contributed by atoms with Gasteiger partial charge >= 0.3 is 6.18 Å². The standard InChI is InChI=1S/C14H14F3N3O2S/c15-14(16,17)10-4-3-5-11(8-10)19-23(21,22)13-9-20-7-2-1-6-12(20)18-13/h3-5,8-9,19H,1-2,6-7H2. The van der Waals surface area contributed by atoms with E-state index in [1.165, 1.54) is 12.3 Å². The highest BCUT2D eigenvalue weighted by molar-refractivity contribution is 7.92. The summed E-state index contributed by atoms with van der Waals surface area (Å²) in [5.41, 5.74) is -1.06. The molecule has 5 nitrogen and oxygen atoms in total. The molecule has 1 aromatic heterocycles. The molecule has 2 aromatic rings. The number of anilines is 1. The van der Waals surface area contributed by atoms with E-state index in [4.69, 9.17) is 0 Å². The van der Waals surface area contributed by atoms with E-state index >= 15 is 0 Å². The number of hydrogen-bond acceptors (Lipinski definition) is 3. The summed E-state index contributed by atoms with van der Waals surface area (Å²) < 4.78 is 66.6. The van der Waals surface area contributed by atoms with E-state index in [9.17, 15) is 21.6 Å². The zero-order valence-corrected chi connectivity index (χ0v) is 12.8. The summed E-state index contributed by atoms with van der Waals surface area (Å²) in [5.74, 6) is 0.681. The van der Waals surface area contributed by atoms with Crippen molar-refractivity contribution in [1.29, 1.82) is 0 Å². The smallest absolute Gasteiger partial charge is 0.333 e. The average Bonchev–Trinajstić information content (AvgIpc) is 2.91. The van der Waals surface area contributed by atoms with Gasteiger partial charge in [0.1, 0.15) is 5.82 Å².